The van der Waals surface area contributed by atoms with Crippen LogP contribution in [0.1, 0.15) is 41.3 Å². The topological polar surface area (TPSA) is 33.2 Å². The first-order chi connectivity index (χ1) is 10.2. The molecule has 0 aliphatic carbocycles. The van der Waals surface area contributed by atoms with Crippen molar-refractivity contribution in [2.75, 3.05) is 6.54 Å². The molecule has 3 nitrogen and oxygen atoms in total. The number of aryl methyl sites for hydroxylation is 1. The Hall–Kier alpha value is -1.68. The molecule has 4 heteroatoms. The molecule has 1 aromatic heterocycles. The van der Waals surface area contributed by atoms with Crippen LogP contribution < -0.4 is 0 Å². The molecule has 0 spiro atoms. The molecule has 110 valence electrons. The van der Waals surface area contributed by atoms with E-state index in [1.165, 1.54) is 10.4 Å². The van der Waals surface area contributed by atoms with Gasteiger partial charge in [-0.1, -0.05) is 30.3 Å². The summed E-state index contributed by atoms with van der Waals surface area (Å²) in [6.45, 7) is 3.58. The lowest BCUT2D eigenvalue weighted by molar-refractivity contribution is -0.131. The van der Waals surface area contributed by atoms with E-state index in [0.717, 1.165) is 31.6 Å². The molecule has 0 N–H and O–H groups in total. The van der Waals surface area contributed by atoms with Crippen LogP contribution >= 0.6 is 11.3 Å². The number of likely N-dealkylation sites (tertiary alicyclic amines) is 1. The summed E-state index contributed by atoms with van der Waals surface area (Å²) in [6, 6.07) is 10.6. The highest BCUT2D eigenvalue weighted by molar-refractivity contribution is 7.09. The summed E-state index contributed by atoms with van der Waals surface area (Å²) < 4.78 is 0. The zero-order valence-electron chi connectivity index (χ0n) is 12.3. The Bertz CT molecular complexity index is 608. The quantitative estimate of drug-likeness (QED) is 0.865. The van der Waals surface area contributed by atoms with Gasteiger partial charge in [-0.05, 0) is 31.2 Å². The van der Waals surface area contributed by atoms with Crippen molar-refractivity contribution in [1.29, 1.82) is 0 Å². The number of hydrogen-bond donors (Lipinski definition) is 0. The van der Waals surface area contributed by atoms with Crippen molar-refractivity contribution in [2.24, 2.45) is 0 Å². The van der Waals surface area contributed by atoms with Crippen molar-refractivity contribution in [3.63, 3.8) is 0 Å². The Morgan fingerprint density at radius 2 is 2.10 bits per heavy atom. The Balaban J connectivity index is 1.69. The predicted octanol–water partition coefficient (Wildman–Crippen LogP) is 3.75. The summed E-state index contributed by atoms with van der Waals surface area (Å²) in [4.78, 5) is 19.8. The Kier molecular flexibility index (Phi) is 4.34. The summed E-state index contributed by atoms with van der Waals surface area (Å²) in [7, 11) is 0. The number of hydrogen-bond acceptors (Lipinski definition) is 3. The van der Waals surface area contributed by atoms with E-state index >= 15 is 0 Å². The molecule has 1 aliphatic heterocycles. The first-order valence-corrected chi connectivity index (χ1v) is 8.33. The molecule has 21 heavy (non-hydrogen) atoms. The maximum absolute atomic E-state index is 12.3. The van der Waals surface area contributed by atoms with Crippen LogP contribution in [0, 0.1) is 6.92 Å². The van der Waals surface area contributed by atoms with Crippen LogP contribution in [0.15, 0.2) is 35.8 Å². The van der Waals surface area contributed by atoms with Crippen molar-refractivity contribution in [3.05, 3.63) is 52.0 Å². The Morgan fingerprint density at radius 3 is 2.81 bits per heavy atom. The highest BCUT2D eigenvalue weighted by Gasteiger charge is 2.24. The second-order valence-corrected chi connectivity index (χ2v) is 6.55. The third-order valence-corrected chi connectivity index (χ3v) is 5.18. The first-order valence-electron chi connectivity index (χ1n) is 7.45. The van der Waals surface area contributed by atoms with E-state index in [9.17, 15) is 4.79 Å². The molecule has 2 heterocycles. The molecule has 1 saturated heterocycles. The van der Waals surface area contributed by atoms with Gasteiger partial charge >= 0.3 is 0 Å². The average Bonchev–Trinajstić information content (AvgIpc) is 2.82. The van der Waals surface area contributed by atoms with Crippen molar-refractivity contribution < 1.29 is 4.79 Å². The van der Waals surface area contributed by atoms with Crippen molar-refractivity contribution in [2.45, 2.75) is 38.6 Å². The van der Waals surface area contributed by atoms with E-state index in [4.69, 9.17) is 0 Å². The van der Waals surface area contributed by atoms with Crippen LogP contribution in [0.5, 0.6) is 0 Å². The molecular weight excluding hydrogens is 280 g/mol. The van der Waals surface area contributed by atoms with E-state index in [-0.39, 0.29) is 5.91 Å². The van der Waals surface area contributed by atoms with E-state index in [1.807, 2.05) is 23.4 Å². The smallest absolute Gasteiger partial charge is 0.222 e. The van der Waals surface area contributed by atoms with Gasteiger partial charge in [0, 0.05) is 17.8 Å². The average molecular weight is 300 g/mol. The number of aromatic nitrogens is 1. The maximum atomic E-state index is 12.3. The molecular formula is C17H20N2OS. The number of carbonyl (C=O) groups excluding carboxylic acids is 1. The fourth-order valence-corrected chi connectivity index (χ4v) is 3.71. The van der Waals surface area contributed by atoms with Crippen molar-refractivity contribution in [1.82, 2.24) is 9.88 Å². The number of thiazole rings is 1. The molecule has 2 aromatic rings. The second-order valence-electron chi connectivity index (χ2n) is 5.61. The third kappa shape index (κ3) is 3.32. The largest absolute Gasteiger partial charge is 0.337 e. The molecule has 1 aliphatic rings. The van der Waals surface area contributed by atoms with Crippen LogP contribution in [0.25, 0.3) is 0 Å². The van der Waals surface area contributed by atoms with Crippen LogP contribution in [-0.2, 0) is 11.3 Å². The molecule has 0 saturated carbocycles. The minimum Gasteiger partial charge on any atom is -0.337 e. The van der Waals surface area contributed by atoms with E-state index in [0.29, 0.717) is 12.3 Å². The van der Waals surface area contributed by atoms with E-state index < -0.39 is 0 Å². The van der Waals surface area contributed by atoms with Gasteiger partial charge in [0.1, 0.15) is 0 Å². The molecule has 0 bridgehead atoms. The number of amides is 1. The number of rotatable bonds is 3. The Labute approximate surface area is 129 Å². The fraction of sp³-hybridized carbons (Fsp3) is 0.412. The molecule has 0 radical (unpaired) electrons. The lowest BCUT2D eigenvalue weighted by Gasteiger charge is -2.20. The second kappa shape index (κ2) is 6.39. The molecule has 1 atom stereocenters. The lowest BCUT2D eigenvalue weighted by Crippen LogP contribution is -2.29. The minimum absolute atomic E-state index is 0.279. The summed E-state index contributed by atoms with van der Waals surface area (Å²) in [5.74, 6) is 0.781. The normalized spacial score (nSPS) is 19.6. The monoisotopic (exact) mass is 300 g/mol. The van der Waals surface area contributed by atoms with Gasteiger partial charge in [-0.15, -0.1) is 11.3 Å². The van der Waals surface area contributed by atoms with Crippen LogP contribution in [0.3, 0.4) is 0 Å². The molecule has 1 fully saturated rings. The van der Waals surface area contributed by atoms with Gasteiger partial charge in [0.05, 0.1) is 17.7 Å². The summed E-state index contributed by atoms with van der Waals surface area (Å²) in [5, 5.41) is 0. The van der Waals surface area contributed by atoms with Gasteiger partial charge in [-0.2, -0.15) is 0 Å². The number of benzene rings is 1. The fourth-order valence-electron chi connectivity index (χ4n) is 2.91. The molecule has 1 amide bonds. The summed E-state index contributed by atoms with van der Waals surface area (Å²) >= 11 is 1.64. The van der Waals surface area contributed by atoms with Gasteiger partial charge in [-0.25, -0.2) is 4.98 Å². The highest BCUT2D eigenvalue weighted by atomic mass is 32.1. The van der Waals surface area contributed by atoms with Crippen molar-refractivity contribution in [3.8, 4) is 0 Å². The van der Waals surface area contributed by atoms with Gasteiger partial charge in [0.15, 0.2) is 0 Å². The van der Waals surface area contributed by atoms with Crippen LogP contribution in [0.2, 0.25) is 0 Å². The number of nitrogens with zero attached hydrogens (tertiary/aromatic N) is 2. The van der Waals surface area contributed by atoms with Crippen LogP contribution in [-0.4, -0.2) is 22.3 Å². The third-order valence-electron chi connectivity index (χ3n) is 4.26. The van der Waals surface area contributed by atoms with Crippen molar-refractivity contribution >= 4 is 17.2 Å². The maximum Gasteiger partial charge on any atom is 0.222 e. The minimum atomic E-state index is 0.279. The van der Waals surface area contributed by atoms with Gasteiger partial charge in [-0.3, -0.25) is 4.79 Å². The van der Waals surface area contributed by atoms with Crippen LogP contribution in [0.4, 0.5) is 0 Å². The zero-order chi connectivity index (χ0) is 14.7. The van der Waals surface area contributed by atoms with Gasteiger partial charge in [0.2, 0.25) is 5.91 Å². The molecule has 1 unspecified atom stereocenters. The van der Waals surface area contributed by atoms with Gasteiger partial charge < -0.3 is 4.90 Å². The molecule has 1 aromatic carbocycles. The van der Waals surface area contributed by atoms with E-state index in [2.05, 4.69) is 29.2 Å². The first kappa shape index (κ1) is 14.3. The summed E-state index contributed by atoms with van der Waals surface area (Å²) in [6.07, 6.45) is 2.66. The van der Waals surface area contributed by atoms with Gasteiger partial charge in [0.25, 0.3) is 0 Å². The number of carbonyl (C=O) groups is 1. The standard InChI is InChI=1S/C17H20N2OS/c1-13-16(21-12-18-13)11-19-10-9-15(7-8-17(19)20)14-5-3-2-4-6-14/h2-6,12,15H,7-11H2,1H3. The predicted molar refractivity (Wildman–Crippen MR) is 85.3 cm³/mol. The lowest BCUT2D eigenvalue weighted by atomic mass is 9.92. The highest BCUT2D eigenvalue weighted by Crippen LogP contribution is 2.29. The summed E-state index contributed by atoms with van der Waals surface area (Å²) in [5.41, 5.74) is 4.28. The molecule has 3 rings (SSSR count). The zero-order valence-corrected chi connectivity index (χ0v) is 13.1. The SMILES string of the molecule is Cc1ncsc1CN1CCC(c2ccccc2)CCC1=O. The van der Waals surface area contributed by atoms with E-state index in [1.54, 1.807) is 11.3 Å². The Morgan fingerprint density at radius 1 is 1.29 bits per heavy atom.